The number of aromatic nitrogens is 1. The van der Waals surface area contributed by atoms with Crippen LogP contribution < -0.4 is 0 Å². The van der Waals surface area contributed by atoms with Crippen LogP contribution in [0.25, 0.3) is 6.08 Å². The fourth-order valence-corrected chi connectivity index (χ4v) is 1.00. The minimum absolute atomic E-state index is 0.370. The third-order valence-corrected chi connectivity index (χ3v) is 1.69. The van der Waals surface area contributed by atoms with Crippen LogP contribution in [0, 0.1) is 0 Å². The van der Waals surface area contributed by atoms with E-state index in [9.17, 15) is 4.79 Å². The highest BCUT2D eigenvalue weighted by Gasteiger charge is 2.05. The van der Waals surface area contributed by atoms with E-state index < -0.39 is 0 Å². The Labute approximate surface area is 81.4 Å². The lowest BCUT2D eigenvalue weighted by Crippen LogP contribution is -2.00. The van der Waals surface area contributed by atoms with Crippen molar-refractivity contribution in [3.63, 3.8) is 0 Å². The first kappa shape index (κ1) is 9.86. The van der Waals surface area contributed by atoms with Crippen molar-refractivity contribution in [3.05, 3.63) is 29.6 Å². The zero-order valence-electron chi connectivity index (χ0n) is 7.21. The summed E-state index contributed by atoms with van der Waals surface area (Å²) in [5, 5.41) is 0. The molecule has 0 aliphatic carbocycles. The van der Waals surface area contributed by atoms with Gasteiger partial charge in [0.25, 0.3) is 0 Å². The fourth-order valence-electron chi connectivity index (χ4n) is 0.916. The van der Waals surface area contributed by atoms with E-state index in [0.717, 1.165) is 5.56 Å². The number of nitrogens with one attached hydrogen (secondary N) is 1. The average Bonchev–Trinajstić information content (AvgIpc) is 2.62. The van der Waals surface area contributed by atoms with E-state index in [-0.39, 0.29) is 5.97 Å². The molecule has 0 saturated carbocycles. The van der Waals surface area contributed by atoms with Gasteiger partial charge in [-0.2, -0.15) is 0 Å². The second-order valence-electron chi connectivity index (χ2n) is 2.39. The maximum absolute atomic E-state index is 11.0. The van der Waals surface area contributed by atoms with Gasteiger partial charge in [0.2, 0.25) is 0 Å². The molecule has 0 fully saturated rings. The monoisotopic (exact) mass is 199 g/mol. The number of halogens is 1. The van der Waals surface area contributed by atoms with Crippen molar-refractivity contribution >= 4 is 23.6 Å². The Bertz CT molecular complexity index is 317. The summed E-state index contributed by atoms with van der Waals surface area (Å²) >= 11 is 5.46. The molecular weight excluding hydrogens is 190 g/mol. The molecule has 0 amide bonds. The summed E-state index contributed by atoms with van der Waals surface area (Å²) in [6.07, 6.45) is 5.34. The van der Waals surface area contributed by atoms with Crippen molar-refractivity contribution in [2.45, 2.75) is 0 Å². The fraction of sp³-hybridized carbons (Fsp3) is 0.222. The lowest BCUT2D eigenvalue weighted by molar-refractivity contribution is 0.0595. The van der Waals surface area contributed by atoms with Gasteiger partial charge in [-0.25, -0.2) is 4.79 Å². The molecular formula is C9H10ClNO2. The molecule has 1 aromatic heterocycles. The summed E-state index contributed by atoms with van der Waals surface area (Å²) in [5.74, 6) is 0.0872. The van der Waals surface area contributed by atoms with Crippen LogP contribution in [0.15, 0.2) is 18.3 Å². The number of methoxy groups -OCH3 is 1. The third-order valence-electron chi connectivity index (χ3n) is 1.51. The number of ether oxygens (including phenoxy) is 1. The Hall–Kier alpha value is -1.22. The number of rotatable bonds is 3. The molecule has 0 bridgehead atoms. The quantitative estimate of drug-likeness (QED) is 0.598. The standard InChI is InChI=1S/C9H10ClNO2/c1-13-9(12)8-5-7(6-11-8)3-2-4-10/h2-3,5-6,11H,4H2,1H3. The van der Waals surface area contributed by atoms with Crippen LogP contribution in [-0.2, 0) is 4.74 Å². The topological polar surface area (TPSA) is 42.1 Å². The number of hydrogen-bond acceptors (Lipinski definition) is 2. The highest BCUT2D eigenvalue weighted by Crippen LogP contribution is 2.06. The van der Waals surface area contributed by atoms with Crippen LogP contribution in [-0.4, -0.2) is 23.9 Å². The second-order valence-corrected chi connectivity index (χ2v) is 2.70. The average molecular weight is 200 g/mol. The van der Waals surface area contributed by atoms with E-state index in [1.54, 1.807) is 18.3 Å². The Morgan fingerprint density at radius 2 is 2.54 bits per heavy atom. The van der Waals surface area contributed by atoms with E-state index in [1.165, 1.54) is 7.11 Å². The van der Waals surface area contributed by atoms with Crippen molar-refractivity contribution in [2.75, 3.05) is 13.0 Å². The van der Waals surface area contributed by atoms with Crippen LogP contribution in [0.2, 0.25) is 0 Å². The van der Waals surface area contributed by atoms with Gasteiger partial charge in [-0.15, -0.1) is 11.6 Å². The molecule has 0 saturated heterocycles. The molecule has 1 rings (SSSR count). The minimum atomic E-state index is -0.370. The number of carbonyl (C=O) groups is 1. The SMILES string of the molecule is COC(=O)c1cc(C=CCCl)c[nH]1. The van der Waals surface area contributed by atoms with Gasteiger partial charge in [0, 0.05) is 12.1 Å². The van der Waals surface area contributed by atoms with Gasteiger partial charge in [-0.3, -0.25) is 0 Å². The predicted molar refractivity (Wildman–Crippen MR) is 51.9 cm³/mol. The van der Waals surface area contributed by atoms with Crippen molar-refractivity contribution in [3.8, 4) is 0 Å². The van der Waals surface area contributed by atoms with E-state index in [2.05, 4.69) is 9.72 Å². The molecule has 70 valence electrons. The predicted octanol–water partition coefficient (Wildman–Crippen LogP) is 2.05. The van der Waals surface area contributed by atoms with Gasteiger partial charge in [0.1, 0.15) is 5.69 Å². The zero-order chi connectivity index (χ0) is 9.68. The highest BCUT2D eigenvalue weighted by molar-refractivity contribution is 6.19. The molecule has 0 aromatic carbocycles. The molecule has 13 heavy (non-hydrogen) atoms. The van der Waals surface area contributed by atoms with Gasteiger partial charge < -0.3 is 9.72 Å². The number of allylic oxidation sites excluding steroid dienone is 1. The van der Waals surface area contributed by atoms with Crippen molar-refractivity contribution in [1.29, 1.82) is 0 Å². The Morgan fingerprint density at radius 3 is 3.15 bits per heavy atom. The summed E-state index contributed by atoms with van der Waals surface area (Å²) in [5.41, 5.74) is 1.35. The number of alkyl halides is 1. The summed E-state index contributed by atoms with van der Waals surface area (Å²) in [6.45, 7) is 0. The summed E-state index contributed by atoms with van der Waals surface area (Å²) < 4.78 is 4.53. The largest absolute Gasteiger partial charge is 0.464 e. The zero-order valence-corrected chi connectivity index (χ0v) is 7.97. The first-order chi connectivity index (χ1) is 6.27. The van der Waals surface area contributed by atoms with E-state index in [1.807, 2.05) is 6.08 Å². The molecule has 1 aromatic rings. The molecule has 0 unspecified atom stereocenters. The molecule has 0 spiro atoms. The van der Waals surface area contributed by atoms with Gasteiger partial charge in [-0.05, 0) is 11.6 Å². The number of hydrogen-bond donors (Lipinski definition) is 1. The molecule has 1 N–H and O–H groups in total. The molecule has 3 nitrogen and oxygen atoms in total. The van der Waals surface area contributed by atoms with E-state index in [4.69, 9.17) is 11.6 Å². The summed E-state index contributed by atoms with van der Waals surface area (Å²) in [6, 6.07) is 1.70. The normalized spacial score (nSPS) is 10.6. The number of carbonyl (C=O) groups excluding carboxylic acids is 1. The lowest BCUT2D eigenvalue weighted by Gasteiger charge is -1.91. The molecule has 0 aliphatic heterocycles. The van der Waals surface area contributed by atoms with Gasteiger partial charge in [0.05, 0.1) is 7.11 Å². The number of aromatic amines is 1. The van der Waals surface area contributed by atoms with Gasteiger partial charge in [-0.1, -0.05) is 12.2 Å². The van der Waals surface area contributed by atoms with Crippen molar-refractivity contribution in [2.24, 2.45) is 0 Å². The van der Waals surface area contributed by atoms with Gasteiger partial charge in [0.15, 0.2) is 0 Å². The smallest absolute Gasteiger partial charge is 0.354 e. The molecule has 4 heteroatoms. The Morgan fingerprint density at radius 1 is 1.77 bits per heavy atom. The lowest BCUT2D eigenvalue weighted by atomic mass is 10.3. The van der Waals surface area contributed by atoms with Crippen molar-refractivity contribution < 1.29 is 9.53 Å². The van der Waals surface area contributed by atoms with E-state index >= 15 is 0 Å². The molecule has 0 aliphatic rings. The van der Waals surface area contributed by atoms with Crippen LogP contribution in [0.4, 0.5) is 0 Å². The first-order valence-corrected chi connectivity index (χ1v) is 4.30. The summed E-state index contributed by atoms with van der Waals surface area (Å²) in [4.78, 5) is 13.8. The minimum Gasteiger partial charge on any atom is -0.464 e. The first-order valence-electron chi connectivity index (χ1n) is 3.77. The van der Waals surface area contributed by atoms with Gasteiger partial charge >= 0.3 is 5.97 Å². The summed E-state index contributed by atoms with van der Waals surface area (Å²) in [7, 11) is 1.34. The Kier molecular flexibility index (Phi) is 3.58. The van der Waals surface area contributed by atoms with Crippen LogP contribution in [0.5, 0.6) is 0 Å². The van der Waals surface area contributed by atoms with Crippen LogP contribution >= 0.6 is 11.6 Å². The van der Waals surface area contributed by atoms with Crippen LogP contribution in [0.3, 0.4) is 0 Å². The Balaban J connectivity index is 2.74. The third kappa shape index (κ3) is 2.63. The maximum atomic E-state index is 11.0. The van der Waals surface area contributed by atoms with Crippen LogP contribution in [0.1, 0.15) is 16.1 Å². The highest BCUT2D eigenvalue weighted by atomic mass is 35.5. The number of esters is 1. The molecule has 0 atom stereocenters. The maximum Gasteiger partial charge on any atom is 0.354 e. The molecule has 0 radical (unpaired) electrons. The van der Waals surface area contributed by atoms with E-state index in [0.29, 0.717) is 11.6 Å². The molecule has 1 heterocycles. The van der Waals surface area contributed by atoms with Crippen molar-refractivity contribution in [1.82, 2.24) is 4.98 Å². The second kappa shape index (κ2) is 4.72. The number of H-pyrrole nitrogens is 1.